The molecule has 5 heteroatoms. The molecule has 0 heterocycles. The van der Waals surface area contributed by atoms with Crippen LogP contribution in [-0.2, 0) is 16.6 Å². The molecule has 0 spiro atoms. The zero-order valence-electron chi connectivity index (χ0n) is 11.4. The van der Waals surface area contributed by atoms with Gasteiger partial charge in [0.15, 0.2) is 0 Å². The first kappa shape index (κ1) is 15.0. The number of hydrogen-bond acceptors (Lipinski definition) is 3. The normalized spacial score (nSPS) is 12.4. The predicted octanol–water partition coefficient (Wildman–Crippen LogP) is 2.19. The molecule has 1 aromatic rings. The van der Waals surface area contributed by atoms with Gasteiger partial charge in [0.25, 0.3) is 0 Å². The summed E-state index contributed by atoms with van der Waals surface area (Å²) in [5, 5.41) is 3.04. The van der Waals surface area contributed by atoms with Crippen molar-refractivity contribution in [1.29, 1.82) is 0 Å². The summed E-state index contributed by atoms with van der Waals surface area (Å²) in [6, 6.07) is 7.39. The van der Waals surface area contributed by atoms with E-state index in [0.717, 1.165) is 12.1 Å². The summed E-state index contributed by atoms with van der Waals surface area (Å²) in [5.74, 6) is 0.109. The molecule has 0 atom stereocenters. The van der Waals surface area contributed by atoms with E-state index in [4.69, 9.17) is 0 Å². The van der Waals surface area contributed by atoms with Gasteiger partial charge in [0, 0.05) is 12.2 Å². The number of anilines is 1. The lowest BCUT2D eigenvalue weighted by atomic mass is 10.0. The number of rotatable bonds is 5. The third-order valence-corrected chi connectivity index (χ3v) is 4.02. The van der Waals surface area contributed by atoms with Crippen molar-refractivity contribution in [2.45, 2.75) is 27.3 Å². The number of nitrogens with one attached hydrogen (secondary N) is 2. The Labute approximate surface area is 110 Å². The second-order valence-corrected chi connectivity index (χ2v) is 7.37. The van der Waals surface area contributed by atoms with Gasteiger partial charge in [-0.2, -0.15) is 0 Å². The molecule has 1 aromatic carbocycles. The Morgan fingerprint density at radius 1 is 1.11 bits per heavy atom. The summed E-state index contributed by atoms with van der Waals surface area (Å²) >= 11 is 0. The van der Waals surface area contributed by atoms with Gasteiger partial charge in [-0.1, -0.05) is 32.9 Å². The van der Waals surface area contributed by atoms with Crippen LogP contribution in [0.4, 0.5) is 5.69 Å². The van der Waals surface area contributed by atoms with Crippen LogP contribution in [0.15, 0.2) is 24.3 Å². The molecule has 0 bridgehead atoms. The van der Waals surface area contributed by atoms with Gasteiger partial charge >= 0.3 is 0 Å². The molecule has 0 aliphatic heterocycles. The van der Waals surface area contributed by atoms with E-state index in [1.54, 1.807) is 12.1 Å². The molecule has 0 saturated heterocycles. The minimum absolute atomic E-state index is 0.109. The molecule has 0 aliphatic carbocycles. The second-order valence-electron chi connectivity index (χ2n) is 5.65. The van der Waals surface area contributed by atoms with Crippen molar-refractivity contribution in [3.63, 3.8) is 0 Å². The summed E-state index contributed by atoms with van der Waals surface area (Å²) in [5.41, 5.74) is 1.48. The van der Waals surface area contributed by atoms with Crippen LogP contribution in [0.3, 0.4) is 0 Å². The van der Waals surface area contributed by atoms with Crippen LogP contribution in [0.5, 0.6) is 0 Å². The molecule has 0 saturated carbocycles. The summed E-state index contributed by atoms with van der Waals surface area (Å²) in [6.07, 6.45) is 0. The van der Waals surface area contributed by atoms with Crippen molar-refractivity contribution in [2.24, 2.45) is 5.41 Å². The third-order valence-electron chi connectivity index (χ3n) is 2.23. The van der Waals surface area contributed by atoms with Gasteiger partial charge in [-0.15, -0.1) is 0 Å². The van der Waals surface area contributed by atoms with Crippen LogP contribution in [-0.4, -0.2) is 21.2 Å². The standard InChI is InChI=1S/C13H22N2O2S/c1-13(2,3)10-18(16,17)15-12-7-5-11(6-8-12)9-14-4/h5-8,14-15H,9-10H2,1-4H3. The molecule has 4 nitrogen and oxygen atoms in total. The highest BCUT2D eigenvalue weighted by atomic mass is 32.2. The number of sulfonamides is 1. The quantitative estimate of drug-likeness (QED) is 0.862. The van der Waals surface area contributed by atoms with Crippen LogP contribution in [0, 0.1) is 5.41 Å². The van der Waals surface area contributed by atoms with Gasteiger partial charge in [0.2, 0.25) is 10.0 Å². The van der Waals surface area contributed by atoms with E-state index in [1.807, 2.05) is 40.0 Å². The van der Waals surface area contributed by atoms with Crippen molar-refractivity contribution in [1.82, 2.24) is 5.32 Å². The molecule has 0 aromatic heterocycles. The fraction of sp³-hybridized carbons (Fsp3) is 0.538. The predicted molar refractivity (Wildman–Crippen MR) is 76.1 cm³/mol. The van der Waals surface area contributed by atoms with Crippen LogP contribution >= 0.6 is 0 Å². The average Bonchev–Trinajstić information content (AvgIpc) is 2.17. The highest BCUT2D eigenvalue weighted by Crippen LogP contribution is 2.18. The lowest BCUT2D eigenvalue weighted by Gasteiger charge is -2.18. The van der Waals surface area contributed by atoms with Crippen molar-refractivity contribution < 1.29 is 8.42 Å². The first-order chi connectivity index (χ1) is 8.22. The van der Waals surface area contributed by atoms with Crippen LogP contribution in [0.2, 0.25) is 0 Å². The minimum Gasteiger partial charge on any atom is -0.316 e. The zero-order chi connectivity index (χ0) is 13.8. The van der Waals surface area contributed by atoms with Crippen molar-refractivity contribution in [3.8, 4) is 0 Å². The fourth-order valence-electron chi connectivity index (χ4n) is 1.68. The highest BCUT2D eigenvalue weighted by molar-refractivity contribution is 7.92. The van der Waals surface area contributed by atoms with E-state index >= 15 is 0 Å². The maximum atomic E-state index is 11.9. The maximum Gasteiger partial charge on any atom is 0.233 e. The Morgan fingerprint density at radius 3 is 2.11 bits per heavy atom. The molecule has 1 rings (SSSR count). The van der Waals surface area contributed by atoms with E-state index in [0.29, 0.717) is 5.69 Å². The number of benzene rings is 1. The van der Waals surface area contributed by atoms with E-state index in [9.17, 15) is 8.42 Å². The lowest BCUT2D eigenvalue weighted by molar-refractivity contribution is 0.463. The van der Waals surface area contributed by atoms with Crippen molar-refractivity contribution >= 4 is 15.7 Å². The van der Waals surface area contributed by atoms with Crippen LogP contribution in [0.1, 0.15) is 26.3 Å². The Kier molecular flexibility index (Phi) is 4.76. The molecule has 0 radical (unpaired) electrons. The van der Waals surface area contributed by atoms with Gasteiger partial charge in [0.1, 0.15) is 0 Å². The Morgan fingerprint density at radius 2 is 1.67 bits per heavy atom. The number of hydrogen-bond donors (Lipinski definition) is 2. The van der Waals surface area contributed by atoms with Crippen molar-refractivity contribution in [2.75, 3.05) is 17.5 Å². The van der Waals surface area contributed by atoms with Gasteiger partial charge in [0.05, 0.1) is 5.75 Å². The fourth-order valence-corrected chi connectivity index (χ4v) is 3.39. The smallest absolute Gasteiger partial charge is 0.233 e. The minimum atomic E-state index is -3.28. The van der Waals surface area contributed by atoms with E-state index in [1.165, 1.54) is 0 Å². The molecule has 0 unspecified atom stereocenters. The van der Waals surface area contributed by atoms with Gasteiger partial charge in [-0.3, -0.25) is 4.72 Å². The SMILES string of the molecule is CNCc1ccc(NS(=O)(=O)CC(C)(C)C)cc1. The van der Waals surface area contributed by atoms with Crippen LogP contribution in [0.25, 0.3) is 0 Å². The average molecular weight is 270 g/mol. The highest BCUT2D eigenvalue weighted by Gasteiger charge is 2.21. The first-order valence-corrected chi connectivity index (χ1v) is 7.61. The van der Waals surface area contributed by atoms with Crippen molar-refractivity contribution in [3.05, 3.63) is 29.8 Å². The molecule has 102 valence electrons. The summed E-state index contributed by atoms with van der Waals surface area (Å²) in [7, 11) is -1.41. The molecule has 0 fully saturated rings. The molecular formula is C13H22N2O2S. The largest absolute Gasteiger partial charge is 0.316 e. The lowest BCUT2D eigenvalue weighted by Crippen LogP contribution is -2.26. The Hall–Kier alpha value is -1.07. The zero-order valence-corrected chi connectivity index (χ0v) is 12.3. The topological polar surface area (TPSA) is 58.2 Å². The van der Waals surface area contributed by atoms with E-state index in [2.05, 4.69) is 10.0 Å². The van der Waals surface area contributed by atoms with Gasteiger partial charge in [-0.05, 0) is 30.2 Å². The summed E-state index contributed by atoms with van der Waals surface area (Å²) in [4.78, 5) is 0. The third kappa shape index (κ3) is 5.51. The summed E-state index contributed by atoms with van der Waals surface area (Å²) < 4.78 is 26.4. The molecule has 2 N–H and O–H groups in total. The van der Waals surface area contributed by atoms with Crippen LogP contribution < -0.4 is 10.0 Å². The monoisotopic (exact) mass is 270 g/mol. The van der Waals surface area contributed by atoms with Gasteiger partial charge in [-0.25, -0.2) is 8.42 Å². The molecule has 0 aliphatic rings. The summed E-state index contributed by atoms with van der Waals surface area (Å²) in [6.45, 7) is 6.49. The second kappa shape index (κ2) is 5.71. The van der Waals surface area contributed by atoms with E-state index < -0.39 is 10.0 Å². The first-order valence-electron chi connectivity index (χ1n) is 5.96. The Balaban J connectivity index is 2.72. The van der Waals surface area contributed by atoms with E-state index in [-0.39, 0.29) is 11.2 Å². The molecule has 0 amide bonds. The molecular weight excluding hydrogens is 248 g/mol. The maximum absolute atomic E-state index is 11.9. The molecule has 18 heavy (non-hydrogen) atoms. The Bertz CT molecular complexity index is 473. The van der Waals surface area contributed by atoms with Gasteiger partial charge < -0.3 is 5.32 Å².